The Morgan fingerprint density at radius 2 is 1.83 bits per heavy atom. The molecule has 6 nitrogen and oxygen atoms in total. The first kappa shape index (κ1) is 17.7. The van der Waals surface area contributed by atoms with Crippen LogP contribution in [0.1, 0.15) is 34.7 Å². The quantitative estimate of drug-likeness (QED) is 0.582. The van der Waals surface area contributed by atoms with Gasteiger partial charge in [0.1, 0.15) is 5.82 Å². The fourth-order valence-corrected chi connectivity index (χ4v) is 4.13. The number of hydrogen-bond acceptors (Lipinski definition) is 4. The van der Waals surface area contributed by atoms with Crippen molar-refractivity contribution in [1.82, 2.24) is 19.9 Å². The standard InChI is InChI=1S/C23H23N5O/c1-16-25-20-10-4-2-8-18(20)22-14-17(26-28(16)22)15-24-23(29)19-9-3-5-11-21(19)27-12-6-7-13-27/h2-5,8-11,14H,6-7,12-13,15H2,1H3,(H,24,29). The van der Waals surface area contributed by atoms with Crippen molar-refractivity contribution < 1.29 is 4.79 Å². The summed E-state index contributed by atoms with van der Waals surface area (Å²) >= 11 is 0. The Bertz CT molecular complexity index is 1210. The number of nitrogens with zero attached hydrogens (tertiary/aromatic N) is 4. The summed E-state index contributed by atoms with van der Waals surface area (Å²) < 4.78 is 1.85. The molecule has 5 rings (SSSR count). The van der Waals surface area contributed by atoms with Crippen molar-refractivity contribution in [3.63, 3.8) is 0 Å². The molecule has 3 heterocycles. The van der Waals surface area contributed by atoms with Crippen molar-refractivity contribution in [2.24, 2.45) is 0 Å². The van der Waals surface area contributed by atoms with Crippen LogP contribution >= 0.6 is 0 Å². The summed E-state index contributed by atoms with van der Waals surface area (Å²) in [5, 5.41) is 8.76. The van der Waals surface area contributed by atoms with Gasteiger partial charge < -0.3 is 10.2 Å². The highest BCUT2D eigenvalue weighted by atomic mass is 16.1. The zero-order valence-electron chi connectivity index (χ0n) is 16.4. The summed E-state index contributed by atoms with van der Waals surface area (Å²) in [6, 6.07) is 17.9. The van der Waals surface area contributed by atoms with Crippen LogP contribution in [-0.4, -0.2) is 33.6 Å². The Morgan fingerprint density at radius 3 is 2.69 bits per heavy atom. The van der Waals surface area contributed by atoms with Gasteiger partial charge in [0.15, 0.2) is 0 Å². The van der Waals surface area contributed by atoms with Crippen LogP contribution in [0, 0.1) is 6.92 Å². The Kier molecular flexibility index (Phi) is 4.39. The fourth-order valence-electron chi connectivity index (χ4n) is 4.13. The molecule has 2 aromatic heterocycles. The van der Waals surface area contributed by atoms with E-state index in [-0.39, 0.29) is 5.91 Å². The van der Waals surface area contributed by atoms with Gasteiger partial charge in [-0.2, -0.15) is 5.10 Å². The molecule has 1 amide bonds. The molecule has 1 fully saturated rings. The van der Waals surface area contributed by atoms with Gasteiger partial charge in [-0.3, -0.25) is 4.79 Å². The smallest absolute Gasteiger partial charge is 0.253 e. The van der Waals surface area contributed by atoms with Crippen LogP contribution in [0.4, 0.5) is 5.69 Å². The van der Waals surface area contributed by atoms with E-state index in [1.54, 1.807) is 0 Å². The van der Waals surface area contributed by atoms with E-state index in [0.717, 1.165) is 52.3 Å². The Balaban J connectivity index is 1.41. The second-order valence-electron chi connectivity index (χ2n) is 7.50. The summed E-state index contributed by atoms with van der Waals surface area (Å²) in [6.45, 7) is 4.34. The van der Waals surface area contributed by atoms with E-state index in [1.165, 1.54) is 12.8 Å². The van der Waals surface area contributed by atoms with Gasteiger partial charge in [-0.05, 0) is 44.0 Å². The number of fused-ring (bicyclic) bond motifs is 3. The molecule has 29 heavy (non-hydrogen) atoms. The van der Waals surface area contributed by atoms with Gasteiger partial charge in [-0.1, -0.05) is 30.3 Å². The van der Waals surface area contributed by atoms with E-state index in [0.29, 0.717) is 6.54 Å². The van der Waals surface area contributed by atoms with Gasteiger partial charge >= 0.3 is 0 Å². The third-order valence-electron chi connectivity index (χ3n) is 5.55. The van der Waals surface area contributed by atoms with Crippen LogP contribution in [-0.2, 0) is 6.54 Å². The highest BCUT2D eigenvalue weighted by Crippen LogP contribution is 2.25. The van der Waals surface area contributed by atoms with Gasteiger partial charge in [0.2, 0.25) is 0 Å². The van der Waals surface area contributed by atoms with E-state index in [9.17, 15) is 4.79 Å². The number of anilines is 1. The van der Waals surface area contributed by atoms with E-state index in [4.69, 9.17) is 0 Å². The number of amides is 1. The minimum Gasteiger partial charge on any atom is -0.371 e. The molecule has 0 radical (unpaired) electrons. The van der Waals surface area contributed by atoms with Crippen molar-refractivity contribution in [1.29, 1.82) is 0 Å². The van der Waals surface area contributed by atoms with E-state index >= 15 is 0 Å². The number of rotatable bonds is 4. The summed E-state index contributed by atoms with van der Waals surface area (Å²) in [5.74, 6) is 0.764. The molecule has 1 aliphatic rings. The Hall–Kier alpha value is -3.41. The summed E-state index contributed by atoms with van der Waals surface area (Å²) in [7, 11) is 0. The Morgan fingerprint density at radius 1 is 1.07 bits per heavy atom. The number of aromatic nitrogens is 3. The summed E-state index contributed by atoms with van der Waals surface area (Å²) in [5.41, 5.74) is 4.52. The van der Waals surface area contributed by atoms with Crippen molar-refractivity contribution >= 4 is 28.0 Å². The van der Waals surface area contributed by atoms with Crippen LogP contribution in [0.2, 0.25) is 0 Å². The van der Waals surface area contributed by atoms with Crippen molar-refractivity contribution in [2.75, 3.05) is 18.0 Å². The third-order valence-corrected chi connectivity index (χ3v) is 5.55. The zero-order valence-corrected chi connectivity index (χ0v) is 16.4. The average molecular weight is 385 g/mol. The van der Waals surface area contributed by atoms with Crippen molar-refractivity contribution in [3.8, 4) is 0 Å². The molecule has 6 heteroatoms. The molecule has 1 saturated heterocycles. The van der Waals surface area contributed by atoms with E-state index in [2.05, 4.69) is 20.3 Å². The highest BCUT2D eigenvalue weighted by molar-refractivity contribution is 6.00. The minimum atomic E-state index is -0.0655. The summed E-state index contributed by atoms with van der Waals surface area (Å²) in [6.07, 6.45) is 2.36. The van der Waals surface area contributed by atoms with Crippen molar-refractivity contribution in [3.05, 3.63) is 71.7 Å². The lowest BCUT2D eigenvalue weighted by molar-refractivity contribution is 0.0951. The molecular formula is C23H23N5O. The molecule has 0 aliphatic carbocycles. The van der Waals surface area contributed by atoms with Crippen molar-refractivity contribution in [2.45, 2.75) is 26.3 Å². The second-order valence-corrected chi connectivity index (χ2v) is 7.50. The van der Waals surface area contributed by atoms with Gasteiger partial charge in [-0.25, -0.2) is 9.50 Å². The fraction of sp³-hybridized carbons (Fsp3) is 0.261. The molecule has 1 N–H and O–H groups in total. The molecule has 0 atom stereocenters. The van der Waals surface area contributed by atoms with Crippen LogP contribution in [0.3, 0.4) is 0 Å². The van der Waals surface area contributed by atoms with E-state index < -0.39 is 0 Å². The minimum absolute atomic E-state index is 0.0655. The number of carbonyl (C=O) groups excluding carboxylic acids is 1. The molecule has 0 bridgehead atoms. The maximum Gasteiger partial charge on any atom is 0.253 e. The molecule has 0 spiro atoms. The third kappa shape index (κ3) is 3.20. The number of nitrogens with one attached hydrogen (secondary N) is 1. The van der Waals surface area contributed by atoms with Gasteiger partial charge in [-0.15, -0.1) is 0 Å². The number of aryl methyl sites for hydroxylation is 1. The topological polar surface area (TPSA) is 62.5 Å². The van der Waals surface area contributed by atoms with Crippen LogP contribution in [0.5, 0.6) is 0 Å². The predicted octanol–water partition coefficient (Wildman–Crippen LogP) is 3.72. The molecule has 0 saturated carbocycles. The van der Waals surface area contributed by atoms with Crippen LogP contribution < -0.4 is 10.2 Å². The van der Waals surface area contributed by atoms with Crippen LogP contribution in [0.15, 0.2) is 54.6 Å². The lowest BCUT2D eigenvalue weighted by Crippen LogP contribution is -2.27. The maximum absolute atomic E-state index is 12.9. The normalized spacial score (nSPS) is 14.0. The van der Waals surface area contributed by atoms with Crippen LogP contribution in [0.25, 0.3) is 16.4 Å². The van der Waals surface area contributed by atoms with Gasteiger partial charge in [0, 0.05) is 24.2 Å². The number of benzene rings is 2. The SMILES string of the molecule is Cc1nc2ccccc2c2cc(CNC(=O)c3ccccc3N3CCCC3)nn12. The average Bonchev–Trinajstić information content (AvgIpc) is 3.43. The zero-order chi connectivity index (χ0) is 19.8. The number of hydrogen-bond donors (Lipinski definition) is 1. The van der Waals surface area contributed by atoms with Gasteiger partial charge in [0.25, 0.3) is 5.91 Å². The lowest BCUT2D eigenvalue weighted by Gasteiger charge is -2.20. The molecule has 0 unspecified atom stereocenters. The lowest BCUT2D eigenvalue weighted by atomic mass is 10.1. The number of carbonyl (C=O) groups is 1. The number of para-hydroxylation sites is 2. The first-order valence-corrected chi connectivity index (χ1v) is 10.1. The first-order valence-electron chi connectivity index (χ1n) is 10.1. The maximum atomic E-state index is 12.9. The largest absolute Gasteiger partial charge is 0.371 e. The van der Waals surface area contributed by atoms with E-state index in [1.807, 2.05) is 66.0 Å². The monoisotopic (exact) mass is 385 g/mol. The Labute approximate surface area is 169 Å². The molecule has 4 aromatic rings. The van der Waals surface area contributed by atoms with Gasteiger partial charge in [0.05, 0.1) is 28.8 Å². The summed E-state index contributed by atoms with van der Waals surface area (Å²) in [4.78, 5) is 19.8. The second kappa shape index (κ2) is 7.20. The molecule has 146 valence electrons. The molecule has 1 aliphatic heterocycles. The predicted molar refractivity (Wildman–Crippen MR) is 114 cm³/mol. The molecule has 2 aromatic carbocycles. The highest BCUT2D eigenvalue weighted by Gasteiger charge is 2.19. The first-order chi connectivity index (χ1) is 14.2. The molecular weight excluding hydrogens is 362 g/mol.